The molecule has 6 nitrogen and oxygen atoms in total. The van der Waals surface area contributed by atoms with Crippen LogP contribution in [0.25, 0.3) is 0 Å². The van der Waals surface area contributed by atoms with Crippen LogP contribution in [0.5, 0.6) is 0 Å². The fourth-order valence-corrected chi connectivity index (χ4v) is 14.2. The van der Waals surface area contributed by atoms with E-state index in [4.69, 9.17) is 4.74 Å². The molecule has 0 heterocycles. The van der Waals surface area contributed by atoms with Gasteiger partial charge in [-0.15, -0.1) is 0 Å². The number of fused-ring (bicyclic) bond motifs is 5. The van der Waals surface area contributed by atoms with Crippen LogP contribution in [-0.4, -0.2) is 61.5 Å². The number of hydrogen-bond donors (Lipinski definition) is 1. The minimum Gasteiger partial charge on any atom is -1.00 e. The molecule has 1 amide bonds. The quantitative estimate of drug-likeness (QED) is 0.0380. The van der Waals surface area contributed by atoms with Crippen LogP contribution in [0.15, 0.2) is 11.6 Å². The van der Waals surface area contributed by atoms with Crippen molar-refractivity contribution in [2.75, 3.05) is 33.2 Å². The summed E-state index contributed by atoms with van der Waals surface area (Å²) in [5.74, 6) is 2.49. The molecule has 4 aliphatic rings. The third kappa shape index (κ3) is 20.7. The SMILES string of the molecule is CCCCCCCCCCCCCCCC[N+](C)(CCCCCCCCCCCCCCCC)CCNC(=O)CCC(=O)OC(C)[C@H]1CCC2C3CCC4=CC(=O)CC[C@]4(C)C3CC[C@@]21C.[Cl-]. The average molecular weight is 958 g/mol. The minimum atomic E-state index is -0.221. The van der Waals surface area contributed by atoms with E-state index in [2.05, 4.69) is 47.0 Å². The molecule has 4 aliphatic carbocycles. The molecule has 3 saturated carbocycles. The molecular formula is C60H109ClN2O4. The van der Waals surface area contributed by atoms with E-state index >= 15 is 0 Å². The van der Waals surface area contributed by atoms with E-state index in [-0.39, 0.29) is 54.1 Å². The maximum Gasteiger partial charge on any atom is 0.306 e. The first-order chi connectivity index (χ1) is 32.0. The van der Waals surface area contributed by atoms with E-state index in [0.29, 0.717) is 42.4 Å². The van der Waals surface area contributed by atoms with Crippen molar-refractivity contribution in [3.63, 3.8) is 0 Å². The number of carbonyl (C=O) groups excluding carboxylic acids is 3. The molecule has 67 heavy (non-hydrogen) atoms. The minimum absolute atomic E-state index is 0. The van der Waals surface area contributed by atoms with E-state index in [9.17, 15) is 14.4 Å². The van der Waals surface area contributed by atoms with Gasteiger partial charge in [0.1, 0.15) is 6.10 Å². The zero-order valence-electron chi connectivity index (χ0n) is 45.1. The predicted molar refractivity (Wildman–Crippen MR) is 279 cm³/mol. The molecule has 0 aliphatic heterocycles. The predicted octanol–water partition coefficient (Wildman–Crippen LogP) is 13.4. The van der Waals surface area contributed by atoms with Crippen LogP contribution in [0.4, 0.5) is 0 Å². The van der Waals surface area contributed by atoms with E-state index in [0.717, 1.165) is 30.3 Å². The number of esters is 1. The van der Waals surface area contributed by atoms with Crippen LogP contribution in [0.1, 0.15) is 279 Å². The Morgan fingerprint density at radius 2 is 1.10 bits per heavy atom. The molecule has 0 aromatic heterocycles. The van der Waals surface area contributed by atoms with Crippen LogP contribution < -0.4 is 17.7 Å². The van der Waals surface area contributed by atoms with Crippen molar-refractivity contribution in [1.29, 1.82) is 0 Å². The number of ether oxygens (including phenoxy) is 1. The molecule has 390 valence electrons. The lowest BCUT2D eigenvalue weighted by molar-refractivity contribution is -0.908. The molecule has 4 unspecified atom stereocenters. The number of quaternary nitrogens is 1. The van der Waals surface area contributed by atoms with E-state index in [1.807, 2.05) is 6.08 Å². The summed E-state index contributed by atoms with van der Waals surface area (Å²) in [4.78, 5) is 38.7. The highest BCUT2D eigenvalue weighted by Gasteiger charge is 2.60. The molecular weight excluding hydrogens is 848 g/mol. The third-order valence-electron chi connectivity index (χ3n) is 18.6. The number of likely N-dealkylation sites (N-methyl/N-ethyl adjacent to an activating group) is 1. The van der Waals surface area contributed by atoms with E-state index in [1.54, 1.807) is 0 Å². The molecule has 0 radical (unpaired) electrons. The van der Waals surface area contributed by atoms with E-state index in [1.165, 1.54) is 224 Å². The first kappa shape index (κ1) is 59.9. The summed E-state index contributed by atoms with van der Waals surface area (Å²) < 4.78 is 7.21. The number of amides is 1. The highest BCUT2D eigenvalue weighted by Crippen LogP contribution is 2.67. The Hall–Kier alpha value is -1.40. The Kier molecular flexibility index (Phi) is 29.8. The fraction of sp³-hybridized carbons (Fsp3) is 0.917. The Balaban J connectivity index is 0.0000119. The number of allylic oxidation sites excluding steroid dienone is 1. The van der Waals surface area contributed by atoms with Crippen LogP contribution >= 0.6 is 0 Å². The molecule has 0 saturated heterocycles. The van der Waals surface area contributed by atoms with Crippen molar-refractivity contribution in [3.05, 3.63) is 11.6 Å². The monoisotopic (exact) mass is 957 g/mol. The van der Waals surface area contributed by atoms with Gasteiger partial charge in [0.2, 0.25) is 5.91 Å². The van der Waals surface area contributed by atoms with Gasteiger partial charge >= 0.3 is 5.97 Å². The summed E-state index contributed by atoms with van der Waals surface area (Å²) in [6, 6.07) is 0. The van der Waals surface area contributed by atoms with Crippen molar-refractivity contribution < 1.29 is 36.0 Å². The Bertz CT molecular complexity index is 1370. The maximum atomic E-state index is 13.3. The van der Waals surface area contributed by atoms with Gasteiger partial charge in [-0.1, -0.05) is 187 Å². The zero-order valence-corrected chi connectivity index (χ0v) is 45.9. The van der Waals surface area contributed by atoms with Gasteiger partial charge in [-0.05, 0) is 112 Å². The molecule has 4 rings (SSSR count). The van der Waals surface area contributed by atoms with Gasteiger partial charge in [-0.2, -0.15) is 0 Å². The number of halogens is 1. The van der Waals surface area contributed by atoms with Crippen LogP contribution in [0.2, 0.25) is 0 Å². The van der Waals surface area contributed by atoms with Crippen molar-refractivity contribution in [3.8, 4) is 0 Å². The second-order valence-corrected chi connectivity index (χ2v) is 23.7. The summed E-state index contributed by atoms with van der Waals surface area (Å²) in [5, 5.41) is 3.22. The second-order valence-electron chi connectivity index (χ2n) is 23.7. The molecule has 0 bridgehead atoms. The molecule has 3 fully saturated rings. The first-order valence-electron chi connectivity index (χ1n) is 29.5. The average Bonchev–Trinajstić information content (AvgIpc) is 3.66. The number of unbranched alkanes of at least 4 members (excludes halogenated alkanes) is 26. The number of nitrogens with one attached hydrogen (secondary N) is 1. The number of carbonyl (C=O) groups is 3. The summed E-state index contributed by atoms with van der Waals surface area (Å²) in [6.45, 7) is 15.7. The number of rotatable bonds is 38. The third-order valence-corrected chi connectivity index (χ3v) is 18.6. The highest BCUT2D eigenvalue weighted by molar-refractivity contribution is 5.91. The van der Waals surface area contributed by atoms with Crippen molar-refractivity contribution in [2.24, 2.45) is 34.5 Å². The summed E-state index contributed by atoms with van der Waals surface area (Å²) >= 11 is 0. The lowest BCUT2D eigenvalue weighted by Crippen LogP contribution is -3.00. The number of ketones is 1. The number of hydrogen-bond acceptors (Lipinski definition) is 4. The summed E-state index contributed by atoms with van der Waals surface area (Å²) in [5.41, 5.74) is 1.80. The molecule has 1 N–H and O–H groups in total. The largest absolute Gasteiger partial charge is 1.00 e. The molecule has 0 aromatic carbocycles. The summed E-state index contributed by atoms with van der Waals surface area (Å²) in [7, 11) is 2.43. The van der Waals surface area contributed by atoms with Gasteiger partial charge in [-0.3, -0.25) is 14.4 Å². The number of nitrogens with zero attached hydrogens (tertiary/aromatic N) is 1. The van der Waals surface area contributed by atoms with Gasteiger partial charge in [0, 0.05) is 18.8 Å². The fourth-order valence-electron chi connectivity index (χ4n) is 14.2. The molecule has 7 atom stereocenters. The Labute approximate surface area is 421 Å². The standard InChI is InChI=1S/C60H108N2O4.ClH/c1-7-9-11-13-15-17-19-21-23-25-27-29-31-33-46-62(6,47-34-32-30-28-26-24-22-20-18-16-14-12-10-8-2)48-45-61-57(64)39-40-58(65)66-50(3)54-37-38-55-53-36-35-51-49-52(63)41-43-59(51,4)56(53)42-44-60(54,55)5;/h49-50,53-56H,7-48H2,1-6H3;1H/t50?,53?,54-,55?,56?,59+,60-;/m1./s1. The maximum absolute atomic E-state index is 13.3. The lowest BCUT2D eigenvalue weighted by Gasteiger charge is -2.58. The van der Waals surface area contributed by atoms with Crippen LogP contribution in [-0.2, 0) is 19.1 Å². The van der Waals surface area contributed by atoms with Gasteiger partial charge in [0.15, 0.2) is 5.78 Å². The van der Waals surface area contributed by atoms with Crippen molar-refractivity contribution in [2.45, 2.75) is 285 Å². The van der Waals surface area contributed by atoms with Crippen LogP contribution in [0, 0.1) is 34.5 Å². The second kappa shape index (κ2) is 33.3. The Morgan fingerprint density at radius 3 is 1.60 bits per heavy atom. The zero-order chi connectivity index (χ0) is 47.5. The Morgan fingerprint density at radius 1 is 0.627 bits per heavy atom. The van der Waals surface area contributed by atoms with Gasteiger partial charge in [-0.25, -0.2) is 0 Å². The van der Waals surface area contributed by atoms with Crippen LogP contribution in [0.3, 0.4) is 0 Å². The van der Waals surface area contributed by atoms with E-state index < -0.39 is 0 Å². The molecule has 0 spiro atoms. The van der Waals surface area contributed by atoms with Gasteiger partial charge in [0.05, 0.1) is 39.6 Å². The normalized spacial score (nSPS) is 25.1. The topological polar surface area (TPSA) is 72.5 Å². The smallest absolute Gasteiger partial charge is 0.306 e. The van der Waals surface area contributed by atoms with Gasteiger partial charge < -0.3 is 26.9 Å². The van der Waals surface area contributed by atoms with Crippen molar-refractivity contribution >= 4 is 17.7 Å². The molecule has 0 aromatic rings. The highest BCUT2D eigenvalue weighted by atomic mass is 35.5. The van der Waals surface area contributed by atoms with Crippen molar-refractivity contribution in [1.82, 2.24) is 5.32 Å². The lowest BCUT2D eigenvalue weighted by atomic mass is 9.46. The van der Waals surface area contributed by atoms with Gasteiger partial charge in [0.25, 0.3) is 0 Å². The first-order valence-corrected chi connectivity index (χ1v) is 29.5. The summed E-state index contributed by atoms with van der Waals surface area (Å²) in [6.07, 6.45) is 49.8. The molecule has 7 heteroatoms.